The highest BCUT2D eigenvalue weighted by atomic mass is 32.2. The van der Waals surface area contributed by atoms with Crippen molar-refractivity contribution >= 4 is 39.9 Å². The number of guanidine groups is 1. The zero-order chi connectivity index (χ0) is 39.9. The molecule has 0 bridgehead atoms. The third-order valence-corrected chi connectivity index (χ3v) is 9.54. The van der Waals surface area contributed by atoms with Gasteiger partial charge in [0.2, 0.25) is 17.8 Å². The number of methoxy groups -OCH3 is 1. The number of esters is 1. The Morgan fingerprint density at radius 3 is 2.13 bits per heavy atom. The first kappa shape index (κ1) is 44.2. The van der Waals surface area contributed by atoms with Crippen LogP contribution in [-0.2, 0) is 40.3 Å². The zero-order valence-electron chi connectivity index (χ0n) is 32.2. The number of hydrogen-bond donors (Lipinski definition) is 5. The van der Waals surface area contributed by atoms with Crippen LogP contribution in [0.5, 0.6) is 0 Å². The Morgan fingerprint density at radius 2 is 1.57 bits per heavy atom. The second-order valence-electron chi connectivity index (χ2n) is 14.2. The van der Waals surface area contributed by atoms with E-state index < -0.39 is 64.0 Å². The van der Waals surface area contributed by atoms with Gasteiger partial charge >= 0.3 is 12.1 Å². The Hall–Kier alpha value is -4.92. The smallest absolute Gasteiger partial charge is 0.408 e. The SMILES string of the molecule is COC(=O)CNC(=O)[C@H](CCCN=C(N)NS(=O)(=O)c1c(C)cc(C)cc1C)NC(=O)[C@H](/C=C/[C@@H](Cc1ccccc1)NC(=O)OC(C)(C)C)C(C)C. The van der Waals surface area contributed by atoms with Crippen molar-refractivity contribution in [2.24, 2.45) is 22.6 Å². The maximum atomic E-state index is 13.7. The topological polar surface area (TPSA) is 207 Å². The summed E-state index contributed by atoms with van der Waals surface area (Å²) in [7, 11) is -2.82. The van der Waals surface area contributed by atoms with Gasteiger partial charge in [0.05, 0.1) is 24.0 Å². The first-order valence-corrected chi connectivity index (χ1v) is 19.0. The number of carbonyl (C=O) groups is 4. The summed E-state index contributed by atoms with van der Waals surface area (Å²) in [6.07, 6.45) is 3.58. The highest BCUT2D eigenvalue weighted by Gasteiger charge is 2.27. The molecule has 0 spiro atoms. The molecule has 0 aliphatic rings. The number of nitrogens with zero attached hydrogens (tertiary/aromatic N) is 1. The average molecular weight is 757 g/mol. The fraction of sp³-hybridized carbons (Fsp3) is 0.500. The summed E-state index contributed by atoms with van der Waals surface area (Å²) in [5.41, 5.74) is 8.26. The summed E-state index contributed by atoms with van der Waals surface area (Å²) in [6, 6.07) is 11.5. The van der Waals surface area contributed by atoms with E-state index in [1.165, 1.54) is 7.11 Å². The van der Waals surface area contributed by atoms with E-state index in [1.54, 1.807) is 58.9 Å². The van der Waals surface area contributed by atoms with Crippen molar-refractivity contribution in [3.05, 3.63) is 76.9 Å². The van der Waals surface area contributed by atoms with Gasteiger partial charge in [0.25, 0.3) is 10.0 Å². The Balaban J connectivity index is 2.22. The zero-order valence-corrected chi connectivity index (χ0v) is 33.1. The highest BCUT2D eigenvalue weighted by Crippen LogP contribution is 2.21. The molecule has 15 heteroatoms. The van der Waals surface area contributed by atoms with Crippen LogP contribution < -0.4 is 26.4 Å². The van der Waals surface area contributed by atoms with Crippen LogP contribution in [0.25, 0.3) is 0 Å². The lowest BCUT2D eigenvalue weighted by molar-refractivity contribution is -0.141. The lowest BCUT2D eigenvalue weighted by Crippen LogP contribution is -2.50. The molecule has 2 aromatic carbocycles. The van der Waals surface area contributed by atoms with Crippen molar-refractivity contribution in [1.29, 1.82) is 0 Å². The summed E-state index contributed by atoms with van der Waals surface area (Å²) >= 11 is 0. The number of ether oxygens (including phenoxy) is 2. The normalized spacial score (nSPS) is 13.9. The van der Waals surface area contributed by atoms with Crippen molar-refractivity contribution in [2.75, 3.05) is 20.2 Å². The van der Waals surface area contributed by atoms with E-state index in [2.05, 4.69) is 30.4 Å². The van der Waals surface area contributed by atoms with Crippen molar-refractivity contribution in [1.82, 2.24) is 20.7 Å². The van der Waals surface area contributed by atoms with Gasteiger partial charge in [0.1, 0.15) is 18.2 Å². The molecular formula is C38H56N6O8S. The maximum Gasteiger partial charge on any atom is 0.408 e. The van der Waals surface area contributed by atoms with E-state index in [9.17, 15) is 27.6 Å². The number of nitrogens with one attached hydrogen (secondary N) is 4. The molecule has 0 aromatic heterocycles. The molecule has 0 radical (unpaired) electrons. The molecule has 0 unspecified atom stereocenters. The van der Waals surface area contributed by atoms with Crippen molar-refractivity contribution in [3.8, 4) is 0 Å². The van der Waals surface area contributed by atoms with Crippen LogP contribution in [-0.4, -0.2) is 76.1 Å². The second-order valence-corrected chi connectivity index (χ2v) is 15.8. The van der Waals surface area contributed by atoms with Gasteiger partial charge in [-0.3, -0.25) is 19.4 Å². The Labute approximate surface area is 313 Å². The Bertz CT molecular complexity index is 1710. The minimum atomic E-state index is -4.01. The minimum absolute atomic E-state index is 0.0296. The second kappa shape index (κ2) is 20.4. The van der Waals surface area contributed by atoms with Gasteiger partial charge in [-0.2, -0.15) is 0 Å². The number of aryl methyl sites for hydroxylation is 3. The summed E-state index contributed by atoms with van der Waals surface area (Å²) in [5, 5.41) is 8.14. The monoisotopic (exact) mass is 756 g/mol. The van der Waals surface area contributed by atoms with Crippen LogP contribution in [0.15, 0.2) is 64.5 Å². The van der Waals surface area contributed by atoms with E-state index in [0.717, 1.165) is 11.1 Å². The molecule has 3 atom stereocenters. The Kier molecular flexibility index (Phi) is 17.0. The average Bonchev–Trinajstić information content (AvgIpc) is 3.03. The third-order valence-electron chi connectivity index (χ3n) is 7.89. The molecule has 2 aromatic rings. The molecule has 53 heavy (non-hydrogen) atoms. The van der Waals surface area contributed by atoms with Gasteiger partial charge < -0.3 is 31.2 Å². The quantitative estimate of drug-likeness (QED) is 0.0523. The molecule has 6 N–H and O–H groups in total. The fourth-order valence-electron chi connectivity index (χ4n) is 5.56. The summed E-state index contributed by atoms with van der Waals surface area (Å²) in [6.45, 7) is 13.9. The van der Waals surface area contributed by atoms with Gasteiger partial charge in [0.15, 0.2) is 0 Å². The predicted molar refractivity (Wildman–Crippen MR) is 204 cm³/mol. The van der Waals surface area contributed by atoms with Crippen LogP contribution in [0.2, 0.25) is 0 Å². The number of hydrogen-bond acceptors (Lipinski definition) is 9. The molecule has 3 amide bonds. The van der Waals surface area contributed by atoms with Crippen molar-refractivity contribution in [2.45, 2.75) is 97.2 Å². The third kappa shape index (κ3) is 15.7. The lowest BCUT2D eigenvalue weighted by Gasteiger charge is -2.24. The Morgan fingerprint density at radius 1 is 0.943 bits per heavy atom. The molecule has 14 nitrogen and oxygen atoms in total. The minimum Gasteiger partial charge on any atom is -0.468 e. The van der Waals surface area contributed by atoms with Crippen LogP contribution in [0, 0.1) is 32.6 Å². The summed E-state index contributed by atoms with van der Waals surface area (Å²) in [4.78, 5) is 55.6. The predicted octanol–water partition coefficient (Wildman–Crippen LogP) is 3.72. The summed E-state index contributed by atoms with van der Waals surface area (Å²) < 4.78 is 38.5. The van der Waals surface area contributed by atoms with Crippen LogP contribution in [0.4, 0.5) is 4.79 Å². The summed E-state index contributed by atoms with van der Waals surface area (Å²) in [5.74, 6) is -2.98. The molecule has 0 fully saturated rings. The number of aliphatic imine (C=N–C) groups is 1. The van der Waals surface area contributed by atoms with E-state index in [0.29, 0.717) is 17.5 Å². The number of amides is 3. The number of carbonyl (C=O) groups excluding carboxylic acids is 4. The number of alkyl carbamates (subject to hydrolysis) is 1. The maximum absolute atomic E-state index is 13.7. The molecule has 2 rings (SSSR count). The van der Waals surface area contributed by atoms with Crippen LogP contribution in [0.1, 0.15) is 69.7 Å². The van der Waals surface area contributed by atoms with Gasteiger partial charge in [-0.15, -0.1) is 0 Å². The highest BCUT2D eigenvalue weighted by molar-refractivity contribution is 7.90. The van der Waals surface area contributed by atoms with Gasteiger partial charge in [-0.1, -0.05) is 74.0 Å². The molecule has 0 aliphatic heterocycles. The van der Waals surface area contributed by atoms with Crippen molar-refractivity contribution < 1.29 is 37.1 Å². The first-order chi connectivity index (χ1) is 24.7. The van der Waals surface area contributed by atoms with Crippen molar-refractivity contribution in [3.63, 3.8) is 0 Å². The van der Waals surface area contributed by atoms with E-state index >= 15 is 0 Å². The number of nitrogens with two attached hydrogens (primary N) is 1. The van der Waals surface area contributed by atoms with Crippen LogP contribution in [0.3, 0.4) is 0 Å². The van der Waals surface area contributed by atoms with E-state index in [4.69, 9.17) is 10.5 Å². The van der Waals surface area contributed by atoms with Crippen LogP contribution >= 0.6 is 0 Å². The van der Waals surface area contributed by atoms with E-state index in [-0.39, 0.29) is 36.2 Å². The molecule has 0 saturated carbocycles. The van der Waals surface area contributed by atoms with E-state index in [1.807, 2.05) is 51.1 Å². The molecule has 0 saturated heterocycles. The standard InChI is InChI=1S/C38H56N6O8S/c1-24(2)30(18-17-29(22-28-14-11-10-12-15-28)42-37(48)52-38(6,7)8)34(46)43-31(35(47)41-23-32(45)51-9)16-13-19-40-36(39)44-53(49,50)33-26(4)20-25(3)21-27(33)5/h10-12,14-15,17-18,20-21,24,29-31H,13,16,19,22-23H2,1-9H3,(H,41,47)(H,42,48)(H,43,46)(H3,39,40,44)/b18-17+/t29-,30+,31-/m0/s1. The molecule has 0 heterocycles. The number of sulfonamides is 1. The lowest BCUT2D eigenvalue weighted by atomic mass is 9.92. The largest absolute Gasteiger partial charge is 0.468 e. The van der Waals surface area contributed by atoms with Gasteiger partial charge in [-0.05, 0) is 83.4 Å². The van der Waals surface area contributed by atoms with Gasteiger partial charge in [0, 0.05) is 6.54 Å². The number of rotatable bonds is 17. The molecule has 292 valence electrons. The first-order valence-electron chi connectivity index (χ1n) is 17.5. The fourth-order valence-corrected chi connectivity index (χ4v) is 6.97. The number of benzene rings is 2. The molecule has 0 aliphatic carbocycles. The molecular weight excluding hydrogens is 701 g/mol. The van der Waals surface area contributed by atoms with Gasteiger partial charge in [-0.25, -0.2) is 17.9 Å².